The van der Waals surface area contributed by atoms with Crippen LogP contribution in [0.1, 0.15) is 62.9 Å². The Balaban J connectivity index is 3.21. The van der Waals surface area contributed by atoms with E-state index in [2.05, 4.69) is 16.0 Å². The molecule has 0 saturated heterocycles. The average Bonchev–Trinajstić information content (AvgIpc) is 2.88. The molecule has 1 aromatic carbocycles. The third-order valence-corrected chi connectivity index (χ3v) is 5.27. The van der Waals surface area contributed by atoms with Gasteiger partial charge in [0.2, 0.25) is 11.8 Å². The lowest BCUT2D eigenvalue weighted by Crippen LogP contribution is -2.56. The minimum atomic E-state index is -1.37. The molecule has 2 atom stereocenters. The summed E-state index contributed by atoms with van der Waals surface area (Å²) in [6.07, 6.45) is 1.54. The number of carbonyl (C=O) groups is 5. The maximum absolute atomic E-state index is 13.2. The van der Waals surface area contributed by atoms with Gasteiger partial charge in [-0.3, -0.25) is 9.59 Å². The van der Waals surface area contributed by atoms with Gasteiger partial charge in [-0.05, 0) is 44.9 Å². The normalized spacial score (nSPS) is 12.5. The number of nitrogens with one attached hydrogen (secondary N) is 3. The number of hydrogen-bond donors (Lipinski definition) is 5. The summed E-state index contributed by atoms with van der Waals surface area (Å²) in [5.41, 5.74) is -0.789. The molecule has 0 aromatic heterocycles. The average molecular weight is 584 g/mol. The zero-order valence-corrected chi connectivity index (χ0v) is 24.1. The van der Waals surface area contributed by atoms with Crippen molar-refractivity contribution in [3.63, 3.8) is 0 Å². The van der Waals surface area contributed by atoms with E-state index in [0.717, 1.165) is 19.3 Å². The molecule has 0 heterocycles. The molecule has 1 aromatic rings. The fraction of sp³-hybridized carbons (Fsp3) is 0.593. The number of ether oxygens (including phenoxy) is 4. The van der Waals surface area contributed by atoms with Crippen molar-refractivity contribution in [2.24, 2.45) is 0 Å². The molecule has 230 valence electrons. The van der Waals surface area contributed by atoms with Gasteiger partial charge in [0.05, 0.1) is 6.61 Å². The highest BCUT2D eigenvalue weighted by molar-refractivity contribution is 5.92. The van der Waals surface area contributed by atoms with Crippen LogP contribution in [-0.2, 0) is 35.0 Å². The number of benzene rings is 1. The molecule has 0 radical (unpaired) electrons. The summed E-state index contributed by atoms with van der Waals surface area (Å²) >= 11 is 0. The lowest BCUT2D eigenvalue weighted by Gasteiger charge is -2.25. The van der Waals surface area contributed by atoms with Crippen LogP contribution in [0.4, 0.5) is 4.79 Å². The summed E-state index contributed by atoms with van der Waals surface area (Å²) in [6, 6.07) is 1.57. The van der Waals surface area contributed by atoms with Crippen molar-refractivity contribution < 1.29 is 53.1 Å². The smallest absolute Gasteiger partial charge is 0.408 e. The monoisotopic (exact) mass is 583 g/mol. The van der Waals surface area contributed by atoms with Crippen LogP contribution in [0.3, 0.4) is 0 Å². The maximum atomic E-state index is 13.2. The van der Waals surface area contributed by atoms with E-state index >= 15 is 0 Å². The maximum Gasteiger partial charge on any atom is 0.408 e. The first-order valence-corrected chi connectivity index (χ1v) is 13.1. The van der Waals surface area contributed by atoms with Gasteiger partial charge in [0.25, 0.3) is 0 Å². The topological polar surface area (TPSA) is 199 Å². The Labute approximate surface area is 239 Å². The second-order valence-corrected chi connectivity index (χ2v) is 10.1. The van der Waals surface area contributed by atoms with Gasteiger partial charge >= 0.3 is 18.0 Å². The minimum Gasteiger partial charge on any atom is -0.481 e. The summed E-state index contributed by atoms with van der Waals surface area (Å²) in [7, 11) is 1.39. The zero-order valence-electron chi connectivity index (χ0n) is 24.1. The molecule has 0 spiro atoms. The Kier molecular flexibility index (Phi) is 15.2. The van der Waals surface area contributed by atoms with E-state index in [1.165, 1.54) is 25.3 Å². The number of carboxylic acids is 2. The van der Waals surface area contributed by atoms with Gasteiger partial charge in [-0.1, -0.05) is 25.8 Å². The number of amides is 3. The van der Waals surface area contributed by atoms with Crippen molar-refractivity contribution in [2.45, 2.75) is 71.1 Å². The third-order valence-electron chi connectivity index (χ3n) is 5.27. The van der Waals surface area contributed by atoms with Crippen LogP contribution < -0.4 is 20.7 Å². The van der Waals surface area contributed by atoms with E-state index in [-0.39, 0.29) is 31.1 Å². The number of aliphatic carboxylic acids is 1. The second kappa shape index (κ2) is 17.7. The first-order valence-electron chi connectivity index (χ1n) is 13.1. The number of unbranched alkanes of at least 4 members (excludes halogenated alkanes) is 2. The van der Waals surface area contributed by atoms with E-state index in [1.54, 1.807) is 20.8 Å². The molecule has 1 rings (SSSR count). The third kappa shape index (κ3) is 14.3. The highest BCUT2D eigenvalue weighted by Crippen LogP contribution is 2.21. The molecule has 0 aliphatic rings. The van der Waals surface area contributed by atoms with E-state index in [4.69, 9.17) is 24.1 Å². The Hall–Kier alpha value is -3.91. The van der Waals surface area contributed by atoms with E-state index in [0.29, 0.717) is 12.1 Å². The first kappa shape index (κ1) is 35.1. The van der Waals surface area contributed by atoms with Gasteiger partial charge < -0.3 is 45.1 Å². The predicted octanol–water partition coefficient (Wildman–Crippen LogP) is 1.70. The van der Waals surface area contributed by atoms with Crippen molar-refractivity contribution in [1.29, 1.82) is 0 Å². The number of alkyl carbamates (subject to hydrolysis) is 1. The summed E-state index contributed by atoms with van der Waals surface area (Å²) in [6.45, 7) is 6.16. The molecule has 3 amide bonds. The molecule has 41 heavy (non-hydrogen) atoms. The van der Waals surface area contributed by atoms with Crippen molar-refractivity contribution in [1.82, 2.24) is 16.0 Å². The SMILES string of the molecule is CCCCCNC(=O)[C@H](Cc1ccc(OCC(=O)O)c(C(=O)O)c1)NC(=O)[C@H](COCOC)NC(=O)OC(C)(C)C. The van der Waals surface area contributed by atoms with Gasteiger partial charge in [0.15, 0.2) is 6.61 Å². The molecule has 14 nitrogen and oxygen atoms in total. The van der Waals surface area contributed by atoms with Crippen LogP contribution >= 0.6 is 0 Å². The molecule has 5 N–H and O–H groups in total. The molecule has 0 bridgehead atoms. The molecule has 0 saturated carbocycles. The van der Waals surface area contributed by atoms with Gasteiger partial charge in [-0.15, -0.1) is 0 Å². The summed E-state index contributed by atoms with van der Waals surface area (Å²) < 4.78 is 20.4. The van der Waals surface area contributed by atoms with E-state index in [9.17, 15) is 29.1 Å². The Morgan fingerprint density at radius 3 is 2.27 bits per heavy atom. The number of carboxylic acid groups (broad SMARTS) is 2. The standard InChI is InChI=1S/C27H41N3O11/c1-6-7-8-11-28-23(33)19(13-17-9-10-21(40-15-22(31)32)18(12-17)25(35)36)29-24(34)20(14-39-16-38-5)30-26(37)41-27(2,3)4/h9-10,12,19-20H,6-8,11,13-16H2,1-5H3,(H,28,33)(H,29,34)(H,30,37)(H,31,32)(H,35,36)/t19-,20-/m0/s1. The number of aromatic carboxylic acids is 1. The van der Waals surface area contributed by atoms with Crippen LogP contribution in [0.5, 0.6) is 5.75 Å². The fourth-order valence-electron chi connectivity index (χ4n) is 3.45. The Morgan fingerprint density at radius 2 is 1.68 bits per heavy atom. The van der Waals surface area contributed by atoms with Crippen molar-refractivity contribution in [3.05, 3.63) is 29.3 Å². The Morgan fingerprint density at radius 1 is 0.976 bits per heavy atom. The number of carbonyl (C=O) groups excluding carboxylic acids is 3. The van der Waals surface area contributed by atoms with Crippen LogP contribution in [-0.4, -0.2) is 91.4 Å². The van der Waals surface area contributed by atoms with E-state index in [1.807, 2.05) is 6.92 Å². The fourth-order valence-corrected chi connectivity index (χ4v) is 3.45. The number of rotatable bonds is 18. The lowest BCUT2D eigenvalue weighted by atomic mass is 10.0. The molecule has 0 aliphatic carbocycles. The molecule has 0 aliphatic heterocycles. The van der Waals surface area contributed by atoms with Gasteiger partial charge in [-0.2, -0.15) is 0 Å². The zero-order chi connectivity index (χ0) is 31.0. The molecular weight excluding hydrogens is 542 g/mol. The van der Waals surface area contributed by atoms with Crippen molar-refractivity contribution >= 4 is 29.8 Å². The van der Waals surface area contributed by atoms with Crippen LogP contribution in [0.25, 0.3) is 0 Å². The van der Waals surface area contributed by atoms with Crippen molar-refractivity contribution in [3.8, 4) is 5.75 Å². The van der Waals surface area contributed by atoms with Crippen LogP contribution in [0.2, 0.25) is 0 Å². The molecule has 0 unspecified atom stereocenters. The molecule has 0 fully saturated rings. The van der Waals surface area contributed by atoms with Gasteiger partial charge in [0, 0.05) is 20.1 Å². The molecule has 14 heteroatoms. The number of methoxy groups -OCH3 is 1. The van der Waals surface area contributed by atoms with Gasteiger partial charge in [0.1, 0.15) is 35.8 Å². The predicted molar refractivity (Wildman–Crippen MR) is 146 cm³/mol. The van der Waals surface area contributed by atoms with Gasteiger partial charge in [-0.25, -0.2) is 14.4 Å². The van der Waals surface area contributed by atoms with E-state index < -0.39 is 54.1 Å². The summed E-state index contributed by atoms with van der Waals surface area (Å²) in [5, 5.41) is 26.2. The minimum absolute atomic E-state index is 0.122. The summed E-state index contributed by atoms with van der Waals surface area (Å²) in [4.78, 5) is 61.3. The highest BCUT2D eigenvalue weighted by Gasteiger charge is 2.29. The van der Waals surface area contributed by atoms with Crippen LogP contribution in [0.15, 0.2) is 18.2 Å². The quantitative estimate of drug-likeness (QED) is 0.124. The van der Waals surface area contributed by atoms with Crippen molar-refractivity contribution in [2.75, 3.05) is 33.7 Å². The first-order chi connectivity index (χ1) is 19.3. The largest absolute Gasteiger partial charge is 0.481 e. The van der Waals surface area contributed by atoms with Crippen LogP contribution in [0, 0.1) is 0 Å². The number of hydrogen-bond acceptors (Lipinski definition) is 9. The highest BCUT2D eigenvalue weighted by atomic mass is 16.7. The molecular formula is C27H41N3O11. The summed E-state index contributed by atoms with van der Waals surface area (Å²) in [5.74, 6) is -4.08. The Bertz CT molecular complexity index is 1040. The second-order valence-electron chi connectivity index (χ2n) is 10.1. The lowest BCUT2D eigenvalue weighted by molar-refractivity contribution is -0.139.